The van der Waals surface area contributed by atoms with Gasteiger partial charge in [0.25, 0.3) is 0 Å². The van der Waals surface area contributed by atoms with Crippen LogP contribution in [0.1, 0.15) is 47.5 Å². The van der Waals surface area contributed by atoms with Gasteiger partial charge in [-0.15, -0.1) is 0 Å². The zero-order valence-electron chi connectivity index (χ0n) is 13.3. The Hall–Kier alpha value is -0.160. The second-order valence-electron chi connectivity index (χ2n) is 6.45. The molecule has 0 aromatic rings. The second-order valence-corrected chi connectivity index (χ2v) is 6.45. The van der Waals surface area contributed by atoms with Crippen molar-refractivity contribution in [3.05, 3.63) is 0 Å². The Morgan fingerprint density at radius 1 is 1.42 bits per heavy atom. The van der Waals surface area contributed by atoms with Gasteiger partial charge in [0.05, 0.1) is 19.8 Å². The van der Waals surface area contributed by atoms with Crippen molar-refractivity contribution in [2.45, 2.75) is 71.1 Å². The molecule has 4 nitrogen and oxygen atoms in total. The Morgan fingerprint density at radius 2 is 2.11 bits per heavy atom. The summed E-state index contributed by atoms with van der Waals surface area (Å²) in [6, 6.07) is 1.36. The zero-order chi connectivity index (χ0) is 14.5. The van der Waals surface area contributed by atoms with Gasteiger partial charge in [0.1, 0.15) is 0 Å². The maximum atomic E-state index is 9.70. The van der Waals surface area contributed by atoms with E-state index in [1.54, 1.807) is 0 Å². The predicted molar refractivity (Wildman–Crippen MR) is 79.4 cm³/mol. The minimum atomic E-state index is -0.204. The third-order valence-electron chi connectivity index (χ3n) is 4.04. The van der Waals surface area contributed by atoms with Crippen LogP contribution in [0.5, 0.6) is 0 Å². The van der Waals surface area contributed by atoms with E-state index in [9.17, 15) is 5.11 Å². The minimum Gasteiger partial charge on any atom is -0.394 e. The molecule has 3 unspecified atom stereocenters. The molecule has 0 spiro atoms. The normalized spacial score (nSPS) is 26.4. The van der Waals surface area contributed by atoms with E-state index < -0.39 is 0 Å². The lowest BCUT2D eigenvalue weighted by Gasteiger charge is -2.43. The average Bonchev–Trinajstić information content (AvgIpc) is 2.37. The fourth-order valence-corrected chi connectivity index (χ4v) is 3.24. The van der Waals surface area contributed by atoms with Gasteiger partial charge in [-0.1, -0.05) is 20.8 Å². The quantitative estimate of drug-likeness (QED) is 0.739. The van der Waals surface area contributed by atoms with Crippen LogP contribution in [0.2, 0.25) is 0 Å². The zero-order valence-corrected chi connectivity index (χ0v) is 13.3. The summed E-state index contributed by atoms with van der Waals surface area (Å²) in [4.78, 5) is 2.54. The molecule has 2 N–H and O–H groups in total. The standard InChI is InChI=1S/C15H32N2O2/c1-6-14-10-19-8-7-17(14)13(4)9-15(5,11-18)16-12(2)3/h12-14,16,18H,6-11H2,1-5H3. The molecule has 0 aromatic carbocycles. The Labute approximate surface area is 118 Å². The highest BCUT2D eigenvalue weighted by Gasteiger charge is 2.32. The van der Waals surface area contributed by atoms with Gasteiger partial charge in [-0.25, -0.2) is 0 Å². The molecule has 1 aliphatic rings. The van der Waals surface area contributed by atoms with Crippen LogP contribution in [0.4, 0.5) is 0 Å². The van der Waals surface area contributed by atoms with Crippen LogP contribution in [0, 0.1) is 0 Å². The molecule has 0 bridgehead atoms. The van der Waals surface area contributed by atoms with Crippen molar-refractivity contribution in [1.29, 1.82) is 0 Å². The molecule has 1 rings (SSSR count). The first kappa shape index (κ1) is 16.9. The van der Waals surface area contributed by atoms with E-state index in [1.807, 2.05) is 0 Å². The van der Waals surface area contributed by atoms with Gasteiger partial charge in [-0.3, -0.25) is 4.90 Å². The third kappa shape index (κ3) is 5.03. The molecule has 3 atom stereocenters. The first-order valence-electron chi connectivity index (χ1n) is 7.64. The molecule has 1 fully saturated rings. The number of rotatable bonds is 7. The van der Waals surface area contributed by atoms with E-state index in [4.69, 9.17) is 4.74 Å². The van der Waals surface area contributed by atoms with E-state index in [0.717, 1.165) is 32.6 Å². The number of ether oxygens (including phenoxy) is 1. The molecule has 19 heavy (non-hydrogen) atoms. The summed E-state index contributed by atoms with van der Waals surface area (Å²) in [5.41, 5.74) is -0.204. The van der Waals surface area contributed by atoms with Crippen LogP contribution in [0.25, 0.3) is 0 Å². The van der Waals surface area contributed by atoms with Gasteiger partial charge in [0, 0.05) is 30.2 Å². The Balaban J connectivity index is 2.62. The highest BCUT2D eigenvalue weighted by molar-refractivity contribution is 4.90. The Kier molecular flexibility index (Phi) is 6.74. The largest absolute Gasteiger partial charge is 0.394 e. The molecule has 1 heterocycles. The molecule has 4 heteroatoms. The lowest BCUT2D eigenvalue weighted by atomic mass is 9.91. The van der Waals surface area contributed by atoms with Crippen LogP contribution in [-0.4, -0.2) is 60.0 Å². The molecular formula is C15H32N2O2. The molecule has 1 saturated heterocycles. The van der Waals surface area contributed by atoms with Crippen molar-refractivity contribution >= 4 is 0 Å². The molecule has 114 valence electrons. The van der Waals surface area contributed by atoms with Crippen LogP contribution < -0.4 is 5.32 Å². The Bertz CT molecular complexity index is 261. The number of aliphatic hydroxyl groups is 1. The number of morpholine rings is 1. The molecule has 1 aliphatic heterocycles. The van der Waals surface area contributed by atoms with Crippen molar-refractivity contribution in [3.8, 4) is 0 Å². The van der Waals surface area contributed by atoms with E-state index in [-0.39, 0.29) is 12.1 Å². The van der Waals surface area contributed by atoms with Crippen LogP contribution in [-0.2, 0) is 4.74 Å². The summed E-state index contributed by atoms with van der Waals surface area (Å²) in [6.45, 7) is 13.7. The van der Waals surface area contributed by atoms with Gasteiger partial charge in [0.2, 0.25) is 0 Å². The van der Waals surface area contributed by atoms with Crippen LogP contribution >= 0.6 is 0 Å². The van der Waals surface area contributed by atoms with Crippen molar-refractivity contribution < 1.29 is 9.84 Å². The molecule has 0 aromatic heterocycles. The molecular weight excluding hydrogens is 240 g/mol. The lowest BCUT2D eigenvalue weighted by molar-refractivity contribution is -0.0350. The summed E-state index contributed by atoms with van der Waals surface area (Å²) < 4.78 is 5.57. The molecule has 0 aliphatic carbocycles. The minimum absolute atomic E-state index is 0.177. The highest BCUT2D eigenvalue weighted by Crippen LogP contribution is 2.21. The topological polar surface area (TPSA) is 44.7 Å². The number of nitrogens with zero attached hydrogens (tertiary/aromatic N) is 1. The SMILES string of the molecule is CCC1COCCN1C(C)CC(C)(CO)NC(C)C. The first-order chi connectivity index (χ1) is 8.91. The Morgan fingerprint density at radius 3 is 2.63 bits per heavy atom. The third-order valence-corrected chi connectivity index (χ3v) is 4.04. The van der Waals surface area contributed by atoms with E-state index in [1.165, 1.54) is 0 Å². The molecule has 0 radical (unpaired) electrons. The van der Waals surface area contributed by atoms with Crippen molar-refractivity contribution in [3.63, 3.8) is 0 Å². The molecule has 0 saturated carbocycles. The fraction of sp³-hybridized carbons (Fsp3) is 1.00. The van der Waals surface area contributed by atoms with E-state index in [0.29, 0.717) is 18.1 Å². The number of hydrogen-bond acceptors (Lipinski definition) is 4. The van der Waals surface area contributed by atoms with E-state index >= 15 is 0 Å². The van der Waals surface area contributed by atoms with E-state index in [2.05, 4.69) is 44.8 Å². The monoisotopic (exact) mass is 272 g/mol. The fourth-order valence-electron chi connectivity index (χ4n) is 3.24. The number of nitrogens with one attached hydrogen (secondary N) is 1. The smallest absolute Gasteiger partial charge is 0.0622 e. The first-order valence-corrected chi connectivity index (χ1v) is 7.64. The maximum Gasteiger partial charge on any atom is 0.0622 e. The number of hydrogen-bond donors (Lipinski definition) is 2. The van der Waals surface area contributed by atoms with Gasteiger partial charge < -0.3 is 15.2 Å². The summed E-state index contributed by atoms with van der Waals surface area (Å²) in [7, 11) is 0. The maximum absolute atomic E-state index is 9.70. The van der Waals surface area contributed by atoms with Crippen molar-refractivity contribution in [2.24, 2.45) is 0 Å². The van der Waals surface area contributed by atoms with Crippen molar-refractivity contribution in [2.75, 3.05) is 26.4 Å². The summed E-state index contributed by atoms with van der Waals surface area (Å²) in [5.74, 6) is 0. The number of aliphatic hydroxyl groups excluding tert-OH is 1. The average molecular weight is 272 g/mol. The van der Waals surface area contributed by atoms with Crippen LogP contribution in [0.15, 0.2) is 0 Å². The van der Waals surface area contributed by atoms with Gasteiger partial charge in [-0.05, 0) is 26.7 Å². The summed E-state index contributed by atoms with van der Waals surface area (Å²) in [6.07, 6.45) is 2.08. The summed E-state index contributed by atoms with van der Waals surface area (Å²) in [5, 5.41) is 13.2. The van der Waals surface area contributed by atoms with Crippen molar-refractivity contribution in [1.82, 2.24) is 10.2 Å². The van der Waals surface area contributed by atoms with Gasteiger partial charge in [-0.2, -0.15) is 0 Å². The summed E-state index contributed by atoms with van der Waals surface area (Å²) >= 11 is 0. The van der Waals surface area contributed by atoms with Crippen LogP contribution in [0.3, 0.4) is 0 Å². The highest BCUT2D eigenvalue weighted by atomic mass is 16.5. The lowest BCUT2D eigenvalue weighted by Crippen LogP contribution is -2.56. The molecule has 0 amide bonds. The second kappa shape index (κ2) is 7.58. The predicted octanol–water partition coefficient (Wildman–Crippen LogP) is 1.62. The van der Waals surface area contributed by atoms with Gasteiger partial charge >= 0.3 is 0 Å². The van der Waals surface area contributed by atoms with Gasteiger partial charge in [0.15, 0.2) is 0 Å².